The Morgan fingerprint density at radius 3 is 2.60 bits per heavy atom. The zero-order valence-corrected chi connectivity index (χ0v) is 9.19. The van der Waals surface area contributed by atoms with Gasteiger partial charge in [0.1, 0.15) is 0 Å². The second-order valence-corrected chi connectivity index (χ2v) is 4.22. The van der Waals surface area contributed by atoms with Crippen molar-refractivity contribution in [3.8, 4) is 11.5 Å². The molecule has 3 nitrogen and oxygen atoms in total. The van der Waals surface area contributed by atoms with Crippen molar-refractivity contribution in [2.45, 2.75) is 19.9 Å². The molecule has 0 radical (unpaired) electrons. The van der Waals surface area contributed by atoms with Crippen LogP contribution in [0.1, 0.15) is 25.5 Å². The molecule has 0 spiro atoms. The number of benzene rings is 1. The normalized spacial score (nSPS) is 21.9. The molecule has 0 aliphatic carbocycles. The Hall–Kier alpha value is -1.22. The molecule has 2 atom stereocenters. The van der Waals surface area contributed by atoms with Gasteiger partial charge >= 0.3 is 0 Å². The lowest BCUT2D eigenvalue weighted by Crippen LogP contribution is -2.12. The Kier molecular flexibility index (Phi) is 2.82. The Balaban J connectivity index is 2.28. The van der Waals surface area contributed by atoms with Gasteiger partial charge in [-0.25, -0.2) is 0 Å². The molecule has 1 aliphatic heterocycles. The number of hydrogen-bond donors (Lipinski definition) is 1. The van der Waals surface area contributed by atoms with E-state index in [0.29, 0.717) is 19.1 Å². The van der Waals surface area contributed by atoms with Gasteiger partial charge < -0.3 is 15.2 Å². The fraction of sp³-hybridized carbons (Fsp3) is 0.500. The maximum Gasteiger partial charge on any atom is 0.161 e. The van der Waals surface area contributed by atoms with Gasteiger partial charge in [-0.3, -0.25) is 0 Å². The van der Waals surface area contributed by atoms with Crippen LogP contribution in [0.5, 0.6) is 11.5 Å². The lowest BCUT2D eigenvalue weighted by Gasteiger charge is -2.11. The van der Waals surface area contributed by atoms with Crippen LogP contribution < -0.4 is 15.2 Å². The third-order valence-corrected chi connectivity index (χ3v) is 2.54. The molecule has 0 aromatic heterocycles. The van der Waals surface area contributed by atoms with Crippen LogP contribution in [0.25, 0.3) is 0 Å². The first-order valence-corrected chi connectivity index (χ1v) is 5.32. The van der Waals surface area contributed by atoms with Crippen LogP contribution in [0.3, 0.4) is 0 Å². The van der Waals surface area contributed by atoms with Crippen molar-refractivity contribution in [1.29, 1.82) is 0 Å². The number of nitrogens with two attached hydrogens (primary N) is 1. The smallest absolute Gasteiger partial charge is 0.161 e. The van der Waals surface area contributed by atoms with E-state index in [1.165, 1.54) is 0 Å². The lowest BCUT2D eigenvalue weighted by atomic mass is 10.1. The van der Waals surface area contributed by atoms with Crippen LogP contribution in [-0.4, -0.2) is 13.2 Å². The highest BCUT2D eigenvalue weighted by Gasteiger charge is 2.15. The van der Waals surface area contributed by atoms with Crippen molar-refractivity contribution in [2.24, 2.45) is 11.7 Å². The molecule has 0 bridgehead atoms. The van der Waals surface area contributed by atoms with E-state index in [1.54, 1.807) is 0 Å². The van der Waals surface area contributed by atoms with E-state index < -0.39 is 0 Å². The van der Waals surface area contributed by atoms with Gasteiger partial charge in [-0.1, -0.05) is 13.0 Å². The molecular weight excluding hydrogens is 190 g/mol. The summed E-state index contributed by atoms with van der Waals surface area (Å²) in [5.41, 5.74) is 6.89. The fourth-order valence-corrected chi connectivity index (χ4v) is 1.55. The molecule has 0 fully saturated rings. The summed E-state index contributed by atoms with van der Waals surface area (Å²) in [5.74, 6) is 2.06. The molecule has 2 N–H and O–H groups in total. The second-order valence-electron chi connectivity index (χ2n) is 4.22. The number of hydrogen-bond acceptors (Lipinski definition) is 3. The van der Waals surface area contributed by atoms with Crippen molar-refractivity contribution in [2.75, 3.05) is 13.2 Å². The minimum Gasteiger partial charge on any atom is -0.489 e. The predicted octanol–water partition coefficient (Wildman–Crippen LogP) is 2.11. The number of ether oxygens (including phenoxy) is 2. The Morgan fingerprint density at radius 2 is 1.93 bits per heavy atom. The van der Waals surface area contributed by atoms with Gasteiger partial charge in [0, 0.05) is 12.0 Å². The highest BCUT2D eigenvalue weighted by Crippen LogP contribution is 2.32. The van der Waals surface area contributed by atoms with Gasteiger partial charge in [0.25, 0.3) is 0 Å². The molecule has 1 aliphatic rings. The van der Waals surface area contributed by atoms with Crippen LogP contribution in [0.15, 0.2) is 18.2 Å². The summed E-state index contributed by atoms with van der Waals surface area (Å²) in [7, 11) is 0. The molecule has 0 amide bonds. The largest absolute Gasteiger partial charge is 0.489 e. The van der Waals surface area contributed by atoms with E-state index in [4.69, 9.17) is 15.2 Å². The van der Waals surface area contributed by atoms with E-state index in [1.807, 2.05) is 25.1 Å². The maximum absolute atomic E-state index is 5.82. The highest BCUT2D eigenvalue weighted by atomic mass is 16.5. The van der Waals surface area contributed by atoms with Gasteiger partial charge in [0.15, 0.2) is 11.5 Å². The minimum atomic E-state index is 0.0274. The first kappa shape index (κ1) is 10.3. The zero-order valence-electron chi connectivity index (χ0n) is 9.19. The molecule has 3 heteroatoms. The summed E-state index contributed by atoms with van der Waals surface area (Å²) in [6, 6.07) is 5.92. The summed E-state index contributed by atoms with van der Waals surface area (Å²) < 4.78 is 11.3. The monoisotopic (exact) mass is 207 g/mol. The first-order chi connectivity index (χ1) is 7.16. The van der Waals surface area contributed by atoms with Crippen molar-refractivity contribution in [3.05, 3.63) is 23.8 Å². The average molecular weight is 207 g/mol. The summed E-state index contributed by atoms with van der Waals surface area (Å²) >= 11 is 0. The van der Waals surface area contributed by atoms with Crippen LogP contribution in [0.2, 0.25) is 0 Å². The molecule has 1 aromatic carbocycles. The summed E-state index contributed by atoms with van der Waals surface area (Å²) in [6.07, 6.45) is 0. The third-order valence-electron chi connectivity index (χ3n) is 2.54. The Bertz CT molecular complexity index is 349. The lowest BCUT2D eigenvalue weighted by molar-refractivity contribution is 0.228. The van der Waals surface area contributed by atoms with Gasteiger partial charge in [0.05, 0.1) is 13.2 Å². The quantitative estimate of drug-likeness (QED) is 0.767. The molecular formula is C12H17NO2. The van der Waals surface area contributed by atoms with E-state index in [-0.39, 0.29) is 6.04 Å². The molecule has 1 heterocycles. The minimum absolute atomic E-state index is 0.0274. The van der Waals surface area contributed by atoms with Crippen molar-refractivity contribution >= 4 is 0 Å². The van der Waals surface area contributed by atoms with Gasteiger partial charge in [-0.05, 0) is 24.6 Å². The highest BCUT2D eigenvalue weighted by molar-refractivity contribution is 5.44. The van der Waals surface area contributed by atoms with Crippen molar-refractivity contribution in [3.63, 3.8) is 0 Å². The summed E-state index contributed by atoms with van der Waals surface area (Å²) in [5, 5.41) is 0. The third kappa shape index (κ3) is 2.23. The van der Waals surface area contributed by atoms with Crippen LogP contribution >= 0.6 is 0 Å². The van der Waals surface area contributed by atoms with Gasteiger partial charge in [-0.2, -0.15) is 0 Å². The fourth-order valence-electron chi connectivity index (χ4n) is 1.55. The van der Waals surface area contributed by atoms with Crippen LogP contribution in [-0.2, 0) is 0 Å². The van der Waals surface area contributed by atoms with Crippen LogP contribution in [0, 0.1) is 5.92 Å². The molecule has 0 saturated heterocycles. The van der Waals surface area contributed by atoms with Gasteiger partial charge in [0.2, 0.25) is 0 Å². The molecule has 0 saturated carbocycles. The average Bonchev–Trinajstić information content (AvgIpc) is 2.40. The van der Waals surface area contributed by atoms with Gasteiger partial charge in [-0.15, -0.1) is 0 Å². The zero-order chi connectivity index (χ0) is 10.8. The van der Waals surface area contributed by atoms with E-state index in [0.717, 1.165) is 17.1 Å². The first-order valence-electron chi connectivity index (χ1n) is 5.32. The van der Waals surface area contributed by atoms with E-state index in [2.05, 4.69) is 6.92 Å². The summed E-state index contributed by atoms with van der Waals surface area (Å²) in [6.45, 7) is 5.49. The molecule has 15 heavy (non-hydrogen) atoms. The van der Waals surface area contributed by atoms with Crippen LogP contribution in [0.4, 0.5) is 0 Å². The molecule has 82 valence electrons. The molecule has 1 unspecified atom stereocenters. The number of rotatable bonds is 1. The maximum atomic E-state index is 5.82. The van der Waals surface area contributed by atoms with E-state index in [9.17, 15) is 0 Å². The number of fused-ring (bicyclic) bond motifs is 1. The Morgan fingerprint density at radius 1 is 1.27 bits per heavy atom. The summed E-state index contributed by atoms with van der Waals surface area (Å²) in [4.78, 5) is 0. The molecule has 2 rings (SSSR count). The predicted molar refractivity (Wildman–Crippen MR) is 59.2 cm³/mol. The van der Waals surface area contributed by atoms with E-state index >= 15 is 0 Å². The molecule has 1 aromatic rings. The second kappa shape index (κ2) is 4.11. The topological polar surface area (TPSA) is 44.5 Å². The van der Waals surface area contributed by atoms with Crippen molar-refractivity contribution < 1.29 is 9.47 Å². The van der Waals surface area contributed by atoms with Crippen molar-refractivity contribution in [1.82, 2.24) is 0 Å². The SMILES string of the molecule is CC1COc2ccc([C@H](C)N)cc2OC1. The standard InChI is InChI=1S/C12H17NO2/c1-8-6-14-11-4-3-10(9(2)13)5-12(11)15-7-8/h3-5,8-9H,6-7,13H2,1-2H3/t8?,9-/m0/s1. The Labute approximate surface area is 90.2 Å².